The summed E-state index contributed by atoms with van der Waals surface area (Å²) in [5.41, 5.74) is 1.30. The average molecular weight is 391 g/mol. The van der Waals surface area contributed by atoms with Crippen molar-refractivity contribution in [2.75, 3.05) is 24.2 Å². The highest BCUT2D eigenvalue weighted by Gasteiger charge is 2.25. The summed E-state index contributed by atoms with van der Waals surface area (Å²) in [4.78, 5) is 24.4. The van der Waals surface area contributed by atoms with Crippen molar-refractivity contribution in [2.45, 2.75) is 13.5 Å². The van der Waals surface area contributed by atoms with E-state index in [-0.39, 0.29) is 11.4 Å². The van der Waals surface area contributed by atoms with Crippen LogP contribution >= 0.6 is 0 Å². The van der Waals surface area contributed by atoms with E-state index in [2.05, 4.69) is 0 Å². The van der Waals surface area contributed by atoms with Crippen LogP contribution in [0.4, 0.5) is 11.4 Å². The third-order valence-corrected chi connectivity index (χ3v) is 5.17. The fourth-order valence-electron chi connectivity index (χ4n) is 2.55. The lowest BCUT2D eigenvalue weighted by Gasteiger charge is -2.26. The highest BCUT2D eigenvalue weighted by Crippen LogP contribution is 2.27. The minimum atomic E-state index is -3.82. The zero-order valence-electron chi connectivity index (χ0n) is 15.3. The normalized spacial score (nSPS) is 11.1. The molecule has 0 unspecified atom stereocenters. The molecule has 0 aromatic heterocycles. The number of nitro benzene ring substituents is 1. The van der Waals surface area contributed by atoms with Gasteiger partial charge in [0, 0.05) is 25.7 Å². The molecule has 0 aliphatic carbocycles. The Morgan fingerprint density at radius 3 is 2.33 bits per heavy atom. The number of aryl methyl sites for hydroxylation is 1. The topological polar surface area (TPSA) is 101 Å². The number of hydrogen-bond donors (Lipinski definition) is 0. The van der Waals surface area contributed by atoms with E-state index in [4.69, 9.17) is 0 Å². The van der Waals surface area contributed by atoms with Gasteiger partial charge in [0.1, 0.15) is 6.54 Å². The minimum absolute atomic E-state index is 0.119. The number of nitro groups is 1. The van der Waals surface area contributed by atoms with Crippen LogP contribution in [0.2, 0.25) is 0 Å². The second-order valence-corrected chi connectivity index (χ2v) is 8.14. The SMILES string of the molecule is Cc1ccc([N+](=O)[O-])cc1N(CC(=O)N(C)Cc1ccccc1)S(C)(=O)=O. The van der Waals surface area contributed by atoms with E-state index >= 15 is 0 Å². The summed E-state index contributed by atoms with van der Waals surface area (Å²) in [5, 5.41) is 11.0. The number of carbonyl (C=O) groups excluding carboxylic acids is 1. The Kier molecular flexibility index (Phi) is 6.17. The summed E-state index contributed by atoms with van der Waals surface area (Å²) in [6.07, 6.45) is 0.968. The summed E-state index contributed by atoms with van der Waals surface area (Å²) in [6.45, 7) is 1.52. The summed E-state index contributed by atoms with van der Waals surface area (Å²) in [7, 11) is -2.24. The molecule has 0 heterocycles. The van der Waals surface area contributed by atoms with Gasteiger partial charge in [0.05, 0.1) is 16.9 Å². The van der Waals surface area contributed by atoms with Gasteiger partial charge in [-0.2, -0.15) is 0 Å². The van der Waals surface area contributed by atoms with Crippen molar-refractivity contribution in [1.29, 1.82) is 0 Å². The van der Waals surface area contributed by atoms with Gasteiger partial charge in [-0.05, 0) is 18.1 Å². The van der Waals surface area contributed by atoms with Gasteiger partial charge in [-0.1, -0.05) is 36.4 Å². The molecule has 0 saturated heterocycles. The average Bonchev–Trinajstić information content (AvgIpc) is 2.59. The first-order valence-electron chi connectivity index (χ1n) is 8.10. The molecule has 27 heavy (non-hydrogen) atoms. The van der Waals surface area contributed by atoms with E-state index in [9.17, 15) is 23.3 Å². The smallest absolute Gasteiger partial charge is 0.271 e. The molecule has 8 nitrogen and oxygen atoms in total. The molecule has 9 heteroatoms. The third-order valence-electron chi connectivity index (χ3n) is 4.04. The van der Waals surface area contributed by atoms with Gasteiger partial charge in [-0.3, -0.25) is 19.2 Å². The fourth-order valence-corrected chi connectivity index (χ4v) is 3.45. The summed E-state index contributed by atoms with van der Waals surface area (Å²) in [5.74, 6) is -0.421. The molecule has 0 radical (unpaired) electrons. The van der Waals surface area contributed by atoms with E-state index in [1.54, 1.807) is 14.0 Å². The first-order valence-corrected chi connectivity index (χ1v) is 9.95. The number of sulfonamides is 1. The molecular weight excluding hydrogens is 370 g/mol. The first kappa shape index (κ1) is 20.4. The van der Waals surface area contributed by atoms with Gasteiger partial charge in [0.15, 0.2) is 0 Å². The van der Waals surface area contributed by atoms with Crippen molar-refractivity contribution in [3.8, 4) is 0 Å². The molecule has 0 saturated carbocycles. The van der Waals surface area contributed by atoms with Crippen LogP contribution in [0.15, 0.2) is 48.5 Å². The van der Waals surface area contributed by atoms with Gasteiger partial charge in [0.2, 0.25) is 15.9 Å². The Labute approximate surface area is 158 Å². The molecule has 0 atom stereocenters. The van der Waals surface area contributed by atoms with Gasteiger partial charge in [0.25, 0.3) is 5.69 Å². The first-order chi connectivity index (χ1) is 12.6. The Hall–Kier alpha value is -2.94. The maximum Gasteiger partial charge on any atom is 0.271 e. The number of rotatable bonds is 7. The van der Waals surface area contributed by atoms with Crippen LogP contribution in [0.5, 0.6) is 0 Å². The Morgan fingerprint density at radius 1 is 1.15 bits per heavy atom. The van der Waals surface area contributed by atoms with Crippen molar-refractivity contribution in [3.63, 3.8) is 0 Å². The van der Waals surface area contributed by atoms with E-state index in [0.29, 0.717) is 12.1 Å². The van der Waals surface area contributed by atoms with Crippen LogP contribution in [0, 0.1) is 17.0 Å². The molecular formula is C18H21N3O5S. The molecule has 1 amide bonds. The minimum Gasteiger partial charge on any atom is -0.340 e. The monoisotopic (exact) mass is 391 g/mol. The van der Waals surface area contributed by atoms with Gasteiger partial charge in [-0.15, -0.1) is 0 Å². The number of amides is 1. The largest absolute Gasteiger partial charge is 0.340 e. The number of likely N-dealkylation sites (N-methyl/N-ethyl adjacent to an activating group) is 1. The van der Waals surface area contributed by atoms with E-state index in [1.165, 1.54) is 23.1 Å². The van der Waals surface area contributed by atoms with E-state index in [1.807, 2.05) is 30.3 Å². The molecule has 144 valence electrons. The lowest BCUT2D eigenvalue weighted by atomic mass is 10.2. The molecule has 0 fully saturated rings. The van der Waals surface area contributed by atoms with Crippen LogP contribution in [-0.4, -0.2) is 44.0 Å². The number of nitrogens with zero attached hydrogens (tertiary/aromatic N) is 3. The van der Waals surface area contributed by atoms with E-state index in [0.717, 1.165) is 16.1 Å². The second-order valence-electron chi connectivity index (χ2n) is 6.23. The van der Waals surface area contributed by atoms with Crippen LogP contribution in [0.3, 0.4) is 0 Å². The highest BCUT2D eigenvalue weighted by atomic mass is 32.2. The van der Waals surface area contributed by atoms with Crippen molar-refractivity contribution in [1.82, 2.24) is 4.90 Å². The number of non-ortho nitro benzene ring substituents is 1. The molecule has 0 N–H and O–H groups in total. The number of benzene rings is 2. The Bertz CT molecular complexity index is 945. The molecule has 0 aliphatic heterocycles. The lowest BCUT2D eigenvalue weighted by molar-refractivity contribution is -0.384. The lowest BCUT2D eigenvalue weighted by Crippen LogP contribution is -2.41. The van der Waals surface area contributed by atoms with Crippen molar-refractivity contribution >= 4 is 27.3 Å². The molecule has 0 bridgehead atoms. The molecule has 2 aromatic rings. The van der Waals surface area contributed by atoms with Gasteiger partial charge < -0.3 is 4.90 Å². The Balaban J connectivity index is 2.29. The predicted molar refractivity (Wildman–Crippen MR) is 103 cm³/mol. The molecule has 2 aromatic carbocycles. The standard InChI is InChI=1S/C18H21N3O5S/c1-14-9-10-16(21(23)24)11-17(14)20(27(3,25)26)13-18(22)19(2)12-15-7-5-4-6-8-15/h4-11H,12-13H2,1-3H3. The number of anilines is 1. The zero-order valence-corrected chi connectivity index (χ0v) is 16.1. The fraction of sp³-hybridized carbons (Fsp3) is 0.278. The molecule has 2 rings (SSSR count). The number of hydrogen-bond acceptors (Lipinski definition) is 5. The quantitative estimate of drug-likeness (QED) is 0.533. The third kappa shape index (κ3) is 5.27. The zero-order chi connectivity index (χ0) is 20.2. The maximum absolute atomic E-state index is 12.6. The Morgan fingerprint density at radius 2 is 1.78 bits per heavy atom. The van der Waals surface area contributed by atoms with Crippen molar-refractivity contribution in [2.24, 2.45) is 0 Å². The number of carbonyl (C=O) groups is 1. The van der Waals surface area contributed by atoms with E-state index < -0.39 is 27.4 Å². The van der Waals surface area contributed by atoms with Gasteiger partial charge in [-0.25, -0.2) is 8.42 Å². The van der Waals surface area contributed by atoms with Crippen molar-refractivity contribution in [3.05, 3.63) is 69.8 Å². The maximum atomic E-state index is 12.6. The van der Waals surface area contributed by atoms with Crippen LogP contribution in [0.25, 0.3) is 0 Å². The molecule has 0 spiro atoms. The van der Waals surface area contributed by atoms with Crippen LogP contribution < -0.4 is 4.31 Å². The van der Waals surface area contributed by atoms with Crippen LogP contribution in [0.1, 0.15) is 11.1 Å². The van der Waals surface area contributed by atoms with Gasteiger partial charge >= 0.3 is 0 Å². The van der Waals surface area contributed by atoms with Crippen LogP contribution in [-0.2, 0) is 21.4 Å². The highest BCUT2D eigenvalue weighted by molar-refractivity contribution is 7.92. The summed E-state index contributed by atoms with van der Waals surface area (Å²) in [6, 6.07) is 13.2. The summed E-state index contributed by atoms with van der Waals surface area (Å²) < 4.78 is 25.4. The molecule has 0 aliphatic rings. The van der Waals surface area contributed by atoms with Crippen molar-refractivity contribution < 1.29 is 18.1 Å². The second kappa shape index (κ2) is 8.17. The summed E-state index contributed by atoms with van der Waals surface area (Å²) >= 11 is 0. The predicted octanol–water partition coefficient (Wildman–Crippen LogP) is 2.33.